The Labute approximate surface area is 201 Å². The van der Waals surface area contributed by atoms with Crippen molar-refractivity contribution < 1.29 is 24.2 Å². The number of methoxy groups -OCH3 is 1. The number of likely N-dealkylation sites (tertiary alicyclic amines) is 1. The van der Waals surface area contributed by atoms with E-state index in [0.717, 1.165) is 36.1 Å². The number of Topliss-reactive ketones (excluding diaryl/α,β-unsaturated/α-hetero) is 1. The van der Waals surface area contributed by atoms with Crippen LogP contribution in [0.2, 0.25) is 0 Å². The average Bonchev–Trinajstić information content (AvgIpc) is 3.10. The molecule has 2 saturated heterocycles. The van der Waals surface area contributed by atoms with E-state index < -0.39 is 17.7 Å². The van der Waals surface area contributed by atoms with Crippen LogP contribution in [0.25, 0.3) is 5.76 Å². The molecule has 1 atom stereocenters. The van der Waals surface area contributed by atoms with E-state index in [1.807, 2.05) is 24.3 Å². The number of halogens is 1. The minimum atomic E-state index is -0.672. The van der Waals surface area contributed by atoms with Crippen LogP contribution in [-0.4, -0.2) is 73.1 Å². The molecule has 0 bridgehead atoms. The average molecular weight is 515 g/mol. The molecule has 0 radical (unpaired) electrons. The van der Waals surface area contributed by atoms with Crippen molar-refractivity contribution in [2.75, 3.05) is 46.5 Å². The third-order valence-corrected chi connectivity index (χ3v) is 6.57. The van der Waals surface area contributed by atoms with Crippen molar-refractivity contribution >= 4 is 33.4 Å². The van der Waals surface area contributed by atoms with Crippen LogP contribution >= 0.6 is 15.9 Å². The van der Waals surface area contributed by atoms with Gasteiger partial charge in [0.15, 0.2) is 0 Å². The van der Waals surface area contributed by atoms with Gasteiger partial charge in [-0.2, -0.15) is 0 Å². The van der Waals surface area contributed by atoms with Crippen LogP contribution in [0.5, 0.6) is 5.75 Å². The first-order valence-corrected chi connectivity index (χ1v) is 11.8. The number of aliphatic hydroxyl groups is 1. The van der Waals surface area contributed by atoms with Crippen LogP contribution in [-0.2, 0) is 14.3 Å². The van der Waals surface area contributed by atoms with Gasteiger partial charge in [-0.05, 0) is 36.2 Å². The van der Waals surface area contributed by atoms with Crippen LogP contribution in [0.1, 0.15) is 23.6 Å². The van der Waals surface area contributed by atoms with Gasteiger partial charge in [-0.25, -0.2) is 0 Å². The molecule has 4 rings (SSSR count). The maximum absolute atomic E-state index is 13.1. The fourth-order valence-corrected chi connectivity index (χ4v) is 4.58. The lowest BCUT2D eigenvalue weighted by Gasteiger charge is -2.29. The summed E-state index contributed by atoms with van der Waals surface area (Å²) >= 11 is 3.44. The predicted octanol–water partition coefficient (Wildman–Crippen LogP) is 3.60. The highest BCUT2D eigenvalue weighted by atomic mass is 79.9. The van der Waals surface area contributed by atoms with Crippen LogP contribution in [0.4, 0.5) is 0 Å². The fraction of sp³-hybridized carbons (Fsp3) is 0.360. The quantitative estimate of drug-likeness (QED) is 0.345. The zero-order chi connectivity index (χ0) is 23.4. The molecule has 1 unspecified atom stereocenters. The van der Waals surface area contributed by atoms with E-state index in [1.54, 1.807) is 29.2 Å². The Morgan fingerprint density at radius 3 is 2.55 bits per heavy atom. The summed E-state index contributed by atoms with van der Waals surface area (Å²) in [5.74, 6) is -0.904. The highest BCUT2D eigenvalue weighted by Crippen LogP contribution is 2.40. The molecule has 1 amide bonds. The van der Waals surface area contributed by atoms with Gasteiger partial charge >= 0.3 is 0 Å². The Kier molecular flexibility index (Phi) is 7.47. The first kappa shape index (κ1) is 23.5. The summed E-state index contributed by atoms with van der Waals surface area (Å²) in [6.07, 6.45) is 0.721. The Hall–Kier alpha value is -2.68. The molecule has 0 aliphatic carbocycles. The molecular formula is C25H27BrN2O5. The molecule has 174 valence electrons. The van der Waals surface area contributed by atoms with Crippen molar-refractivity contribution in [1.82, 2.24) is 9.80 Å². The van der Waals surface area contributed by atoms with Gasteiger partial charge in [0.05, 0.1) is 31.9 Å². The second-order valence-corrected chi connectivity index (χ2v) is 9.00. The van der Waals surface area contributed by atoms with Crippen LogP contribution in [0.3, 0.4) is 0 Å². The van der Waals surface area contributed by atoms with Crippen LogP contribution in [0.15, 0.2) is 58.6 Å². The zero-order valence-corrected chi connectivity index (χ0v) is 20.1. The summed E-state index contributed by atoms with van der Waals surface area (Å²) in [4.78, 5) is 30.1. The molecule has 0 spiro atoms. The molecule has 2 aliphatic heterocycles. The van der Waals surface area contributed by atoms with E-state index >= 15 is 0 Å². The van der Waals surface area contributed by atoms with Gasteiger partial charge < -0.3 is 19.5 Å². The number of carbonyl (C=O) groups excluding carboxylic acids is 2. The molecule has 8 heteroatoms. The summed E-state index contributed by atoms with van der Waals surface area (Å²) in [6, 6.07) is 13.7. The number of hydrogen-bond acceptors (Lipinski definition) is 6. The first-order valence-electron chi connectivity index (χ1n) is 11.0. The number of ketones is 1. The van der Waals surface area contributed by atoms with Crippen molar-refractivity contribution in [2.45, 2.75) is 12.5 Å². The topological polar surface area (TPSA) is 79.3 Å². The van der Waals surface area contributed by atoms with Crippen molar-refractivity contribution in [1.29, 1.82) is 0 Å². The largest absolute Gasteiger partial charge is 0.507 e. The number of benzene rings is 2. The lowest BCUT2D eigenvalue weighted by Crippen LogP contribution is -2.38. The van der Waals surface area contributed by atoms with Gasteiger partial charge in [-0.3, -0.25) is 14.5 Å². The van der Waals surface area contributed by atoms with E-state index in [0.29, 0.717) is 31.1 Å². The van der Waals surface area contributed by atoms with Crippen molar-refractivity contribution in [2.24, 2.45) is 0 Å². The monoisotopic (exact) mass is 514 g/mol. The number of nitrogens with zero attached hydrogens (tertiary/aromatic N) is 2. The smallest absolute Gasteiger partial charge is 0.295 e. The molecule has 1 N–H and O–H groups in total. The van der Waals surface area contributed by atoms with E-state index in [1.165, 1.54) is 7.11 Å². The predicted molar refractivity (Wildman–Crippen MR) is 128 cm³/mol. The molecule has 2 aliphatic rings. The Morgan fingerprint density at radius 1 is 1.12 bits per heavy atom. The second kappa shape index (κ2) is 10.5. The summed E-state index contributed by atoms with van der Waals surface area (Å²) in [5, 5.41) is 11.2. The summed E-state index contributed by atoms with van der Waals surface area (Å²) in [5.41, 5.74) is 1.30. The third kappa shape index (κ3) is 5.13. The van der Waals surface area contributed by atoms with Gasteiger partial charge in [0.2, 0.25) is 0 Å². The van der Waals surface area contributed by atoms with Crippen molar-refractivity contribution in [3.05, 3.63) is 69.7 Å². The standard InChI is InChI=1S/C25H27BrN2O5/c1-32-20-5-2-4-18(16-20)23(29)21-22(17-6-8-19(26)9-7-17)28(25(31)24(21)30)11-3-10-27-12-14-33-15-13-27/h2,4-9,16,22,29H,3,10-15H2,1H3/b23-21-. The molecule has 33 heavy (non-hydrogen) atoms. The molecule has 2 aromatic carbocycles. The fourth-order valence-electron chi connectivity index (χ4n) is 4.32. The molecule has 0 aromatic heterocycles. The van der Waals surface area contributed by atoms with E-state index in [4.69, 9.17) is 9.47 Å². The third-order valence-electron chi connectivity index (χ3n) is 6.05. The van der Waals surface area contributed by atoms with Crippen LogP contribution < -0.4 is 4.74 Å². The molecule has 2 aromatic rings. The lowest BCUT2D eigenvalue weighted by molar-refractivity contribution is -0.140. The molecule has 2 fully saturated rings. The number of ether oxygens (including phenoxy) is 2. The maximum atomic E-state index is 13.1. The van der Waals surface area contributed by atoms with Gasteiger partial charge in [0, 0.05) is 36.2 Å². The van der Waals surface area contributed by atoms with Gasteiger partial charge in [-0.1, -0.05) is 40.2 Å². The Balaban J connectivity index is 1.67. The second-order valence-electron chi connectivity index (χ2n) is 8.08. The maximum Gasteiger partial charge on any atom is 0.295 e. The van der Waals surface area contributed by atoms with E-state index in [-0.39, 0.29) is 11.3 Å². The summed E-state index contributed by atoms with van der Waals surface area (Å²) < 4.78 is 11.5. The Bertz CT molecular complexity index is 1050. The molecular weight excluding hydrogens is 488 g/mol. The zero-order valence-electron chi connectivity index (χ0n) is 18.5. The number of amides is 1. The number of aliphatic hydroxyl groups excluding tert-OH is 1. The van der Waals surface area contributed by atoms with Crippen molar-refractivity contribution in [3.63, 3.8) is 0 Å². The number of morpholine rings is 1. The molecule has 2 heterocycles. The Morgan fingerprint density at radius 2 is 1.85 bits per heavy atom. The summed E-state index contributed by atoms with van der Waals surface area (Å²) in [6.45, 7) is 4.39. The molecule has 0 saturated carbocycles. The van der Waals surface area contributed by atoms with Crippen molar-refractivity contribution in [3.8, 4) is 5.75 Å². The van der Waals surface area contributed by atoms with E-state index in [2.05, 4.69) is 20.8 Å². The molecule has 7 nitrogen and oxygen atoms in total. The first-order chi connectivity index (χ1) is 16.0. The minimum Gasteiger partial charge on any atom is -0.507 e. The highest BCUT2D eigenvalue weighted by Gasteiger charge is 2.45. The van der Waals surface area contributed by atoms with Crippen LogP contribution in [0, 0.1) is 0 Å². The SMILES string of the molecule is COc1cccc(/C(O)=C2/C(=O)C(=O)N(CCCN3CCOCC3)C2c2ccc(Br)cc2)c1. The summed E-state index contributed by atoms with van der Waals surface area (Å²) in [7, 11) is 1.54. The normalized spacial score (nSPS) is 20.9. The van der Waals surface area contributed by atoms with Gasteiger partial charge in [0.1, 0.15) is 11.5 Å². The van der Waals surface area contributed by atoms with E-state index in [9.17, 15) is 14.7 Å². The number of carbonyl (C=O) groups is 2. The van der Waals surface area contributed by atoms with Gasteiger partial charge in [-0.15, -0.1) is 0 Å². The van der Waals surface area contributed by atoms with Gasteiger partial charge in [0.25, 0.3) is 11.7 Å². The minimum absolute atomic E-state index is 0.0990. The lowest BCUT2D eigenvalue weighted by atomic mass is 9.95. The number of rotatable bonds is 7. The highest BCUT2D eigenvalue weighted by molar-refractivity contribution is 9.10. The number of hydrogen-bond donors (Lipinski definition) is 1.